The second-order valence-electron chi connectivity index (χ2n) is 2.77. The van der Waals surface area contributed by atoms with Crippen molar-refractivity contribution >= 4 is 19.4 Å². The maximum absolute atomic E-state index is 3.60. The highest BCUT2D eigenvalue weighted by Crippen LogP contribution is 2.00. The van der Waals surface area contributed by atoms with Crippen LogP contribution >= 0.6 is 0 Å². The summed E-state index contributed by atoms with van der Waals surface area (Å²) in [6.45, 7) is 4.60. The third-order valence-corrected chi connectivity index (χ3v) is 5.97. The summed E-state index contributed by atoms with van der Waals surface area (Å²) >= 11 is 0. The van der Waals surface area contributed by atoms with E-state index in [1.54, 1.807) is 0 Å². The molecule has 0 aromatic heterocycles. The van der Waals surface area contributed by atoms with E-state index in [0.29, 0.717) is 0 Å². The minimum absolute atomic E-state index is 0.186. The van der Waals surface area contributed by atoms with Crippen LogP contribution in [0, 0.1) is 0 Å². The van der Waals surface area contributed by atoms with Crippen LogP contribution in [-0.4, -0.2) is 19.4 Å². The predicted molar refractivity (Wildman–Crippen MR) is 55.0 cm³/mol. The van der Waals surface area contributed by atoms with Crippen LogP contribution in [0.1, 0.15) is 32.6 Å². The van der Waals surface area contributed by atoms with Crippen molar-refractivity contribution in [1.29, 1.82) is 0 Å². The Labute approximate surface area is 69.8 Å². The van der Waals surface area contributed by atoms with Gasteiger partial charge >= 0.3 is 0 Å². The molecule has 0 atom stereocenters. The highest BCUT2D eigenvalue weighted by molar-refractivity contribution is 6.49. The quantitative estimate of drug-likeness (QED) is 0.446. The average Bonchev–Trinajstić information content (AvgIpc) is 1.97. The number of nitrogens with one attached hydrogen (secondary N) is 1. The van der Waals surface area contributed by atoms with E-state index in [4.69, 9.17) is 0 Å². The molecular weight excluding hydrogens is 154 g/mol. The van der Waals surface area contributed by atoms with Gasteiger partial charge in [0.15, 0.2) is 0 Å². The molecule has 0 aliphatic heterocycles. The van der Waals surface area contributed by atoms with E-state index in [9.17, 15) is 0 Å². The van der Waals surface area contributed by atoms with E-state index in [1.165, 1.54) is 31.7 Å². The minimum atomic E-state index is 0.186. The molecule has 0 fully saturated rings. The van der Waals surface area contributed by atoms with E-state index in [0.717, 1.165) is 0 Å². The third kappa shape index (κ3) is 8.39. The van der Waals surface area contributed by atoms with Gasteiger partial charge in [-0.3, -0.25) is 0 Å². The molecule has 0 bridgehead atoms. The molecule has 0 spiro atoms. The molecule has 0 aliphatic rings. The van der Waals surface area contributed by atoms with E-state index in [-0.39, 0.29) is 19.4 Å². The van der Waals surface area contributed by atoms with Crippen LogP contribution in [0.3, 0.4) is 0 Å². The summed E-state index contributed by atoms with van der Waals surface area (Å²) in [5, 5.41) is 0. The fourth-order valence-corrected chi connectivity index (χ4v) is 4.05. The molecule has 0 amide bonds. The van der Waals surface area contributed by atoms with Crippen molar-refractivity contribution in [2.75, 3.05) is 0 Å². The lowest BCUT2D eigenvalue weighted by Crippen LogP contribution is -2.20. The fourth-order valence-electron chi connectivity index (χ4n) is 1.03. The van der Waals surface area contributed by atoms with Crippen LogP contribution < -0.4 is 4.65 Å². The Hall–Kier alpha value is 0.394. The zero-order valence-corrected chi connectivity index (χ0v) is 10.3. The summed E-state index contributed by atoms with van der Waals surface area (Å²) in [6.07, 6.45) is 5.77. The van der Waals surface area contributed by atoms with Crippen molar-refractivity contribution < 1.29 is 0 Å². The number of unbranched alkanes of at least 4 members (excludes halogenated alkanes) is 3. The van der Waals surface area contributed by atoms with E-state index < -0.39 is 0 Å². The van der Waals surface area contributed by atoms with Gasteiger partial charge < -0.3 is 4.65 Å². The molecule has 62 valence electrons. The van der Waals surface area contributed by atoms with Crippen molar-refractivity contribution in [2.24, 2.45) is 0 Å². The standard InChI is InChI=1S/C7H21NSi2/c1-3-4-5-6-7-10-8-9-2/h8H,3-7,9-10H2,1-2H3. The Bertz CT molecular complexity index is 51.6. The van der Waals surface area contributed by atoms with Crippen molar-refractivity contribution in [2.45, 2.75) is 45.2 Å². The van der Waals surface area contributed by atoms with Gasteiger partial charge in [0.05, 0.1) is 19.4 Å². The van der Waals surface area contributed by atoms with E-state index in [1.807, 2.05) is 0 Å². The van der Waals surface area contributed by atoms with Gasteiger partial charge in [-0.25, -0.2) is 0 Å². The van der Waals surface area contributed by atoms with Crippen LogP contribution in [-0.2, 0) is 0 Å². The van der Waals surface area contributed by atoms with E-state index in [2.05, 4.69) is 18.1 Å². The molecule has 0 radical (unpaired) electrons. The first-order chi connectivity index (χ1) is 4.91. The van der Waals surface area contributed by atoms with Gasteiger partial charge in [-0.1, -0.05) is 45.2 Å². The first-order valence-corrected chi connectivity index (χ1v) is 8.45. The smallest absolute Gasteiger partial charge is 0.0844 e. The predicted octanol–water partition coefficient (Wildman–Crippen LogP) is 0.790. The molecule has 0 aliphatic carbocycles. The summed E-state index contributed by atoms with van der Waals surface area (Å²) in [5.74, 6) is 0. The van der Waals surface area contributed by atoms with Crippen LogP contribution in [0.4, 0.5) is 0 Å². The summed E-state index contributed by atoms with van der Waals surface area (Å²) < 4.78 is 3.60. The SMILES string of the molecule is CCCCCC[SiH2]N[SiH2]C. The van der Waals surface area contributed by atoms with Crippen LogP contribution in [0.15, 0.2) is 0 Å². The molecule has 0 rings (SSSR count). The number of hydrogen-bond acceptors (Lipinski definition) is 1. The molecular formula is C7H21NSi2. The lowest BCUT2D eigenvalue weighted by Gasteiger charge is -1.98. The Balaban J connectivity index is 2.65. The second kappa shape index (κ2) is 9.39. The van der Waals surface area contributed by atoms with Gasteiger partial charge in [-0.05, 0) is 0 Å². The fraction of sp³-hybridized carbons (Fsp3) is 1.00. The molecule has 0 aromatic carbocycles. The zero-order valence-electron chi connectivity index (χ0n) is 7.45. The molecule has 0 unspecified atom stereocenters. The Morgan fingerprint density at radius 1 is 1.20 bits per heavy atom. The molecule has 0 saturated heterocycles. The second-order valence-corrected chi connectivity index (χ2v) is 6.68. The maximum Gasteiger partial charge on any atom is 0.0844 e. The van der Waals surface area contributed by atoms with Gasteiger partial charge in [-0.2, -0.15) is 0 Å². The first kappa shape index (κ1) is 10.4. The van der Waals surface area contributed by atoms with Crippen LogP contribution in [0.5, 0.6) is 0 Å². The number of hydrogen-bond donors (Lipinski definition) is 1. The first-order valence-electron chi connectivity index (χ1n) is 4.62. The Kier molecular flexibility index (Phi) is 9.76. The summed E-state index contributed by atoms with van der Waals surface area (Å²) in [6, 6.07) is 1.53. The maximum atomic E-state index is 3.60. The minimum Gasteiger partial charge on any atom is -0.369 e. The van der Waals surface area contributed by atoms with Gasteiger partial charge in [0, 0.05) is 0 Å². The normalized spacial score (nSPS) is 12.6. The largest absolute Gasteiger partial charge is 0.369 e. The van der Waals surface area contributed by atoms with Gasteiger partial charge in [0.1, 0.15) is 0 Å². The third-order valence-electron chi connectivity index (χ3n) is 1.71. The lowest BCUT2D eigenvalue weighted by molar-refractivity contribution is 0.699. The Morgan fingerprint density at radius 3 is 2.60 bits per heavy atom. The van der Waals surface area contributed by atoms with Crippen LogP contribution in [0.2, 0.25) is 12.6 Å². The van der Waals surface area contributed by atoms with Gasteiger partial charge in [0.25, 0.3) is 0 Å². The van der Waals surface area contributed by atoms with Crippen molar-refractivity contribution in [3.8, 4) is 0 Å². The van der Waals surface area contributed by atoms with Crippen molar-refractivity contribution in [3.63, 3.8) is 0 Å². The van der Waals surface area contributed by atoms with E-state index >= 15 is 0 Å². The monoisotopic (exact) mass is 175 g/mol. The van der Waals surface area contributed by atoms with Gasteiger partial charge in [-0.15, -0.1) is 0 Å². The topological polar surface area (TPSA) is 12.0 Å². The lowest BCUT2D eigenvalue weighted by atomic mass is 10.2. The van der Waals surface area contributed by atoms with Crippen molar-refractivity contribution in [3.05, 3.63) is 0 Å². The summed E-state index contributed by atoms with van der Waals surface area (Å²) in [7, 11) is 0.381. The van der Waals surface area contributed by atoms with Crippen LogP contribution in [0.25, 0.3) is 0 Å². The molecule has 0 aromatic rings. The Morgan fingerprint density at radius 2 is 2.00 bits per heavy atom. The average molecular weight is 175 g/mol. The molecule has 10 heavy (non-hydrogen) atoms. The molecule has 0 saturated carbocycles. The molecule has 1 nitrogen and oxygen atoms in total. The van der Waals surface area contributed by atoms with Gasteiger partial charge in [0.2, 0.25) is 0 Å². The highest BCUT2D eigenvalue weighted by Gasteiger charge is 1.87. The molecule has 0 heterocycles. The summed E-state index contributed by atoms with van der Waals surface area (Å²) in [4.78, 5) is 0. The number of rotatable bonds is 7. The highest BCUT2D eigenvalue weighted by atomic mass is 28.3. The summed E-state index contributed by atoms with van der Waals surface area (Å²) in [5.41, 5.74) is 0. The molecule has 3 heteroatoms. The zero-order chi connectivity index (χ0) is 7.66. The molecule has 1 N–H and O–H groups in total. The van der Waals surface area contributed by atoms with Crippen molar-refractivity contribution in [1.82, 2.24) is 4.65 Å².